The molecule has 5 rings (SSSR count). The maximum atomic E-state index is 13.5. The van der Waals surface area contributed by atoms with Gasteiger partial charge in [0.15, 0.2) is 5.69 Å². The number of carbonyl (C=O) groups is 1. The number of carboxylic acid groups (broad SMARTS) is 1. The van der Waals surface area contributed by atoms with Crippen LogP contribution >= 0.6 is 11.6 Å². The summed E-state index contributed by atoms with van der Waals surface area (Å²) in [4.78, 5) is 36.4. The molecule has 0 bridgehead atoms. The molecule has 1 saturated heterocycles. The minimum absolute atomic E-state index is 0.0467. The molecule has 0 amide bonds. The van der Waals surface area contributed by atoms with Gasteiger partial charge < -0.3 is 15.3 Å². The van der Waals surface area contributed by atoms with Crippen LogP contribution in [0.15, 0.2) is 29.2 Å². The van der Waals surface area contributed by atoms with Gasteiger partial charge in [-0.25, -0.2) is 14.8 Å². The van der Waals surface area contributed by atoms with Crippen LogP contribution < -0.4 is 15.8 Å². The van der Waals surface area contributed by atoms with Crippen molar-refractivity contribution in [1.29, 1.82) is 0 Å². The first-order valence-corrected chi connectivity index (χ1v) is 11.6. The molecule has 2 unspecified atom stereocenters. The van der Waals surface area contributed by atoms with Crippen LogP contribution in [0.1, 0.15) is 53.5 Å². The van der Waals surface area contributed by atoms with Gasteiger partial charge in [0.2, 0.25) is 0 Å². The second-order valence-electron chi connectivity index (χ2n) is 9.10. The molecule has 1 aliphatic heterocycles. The zero-order valence-corrected chi connectivity index (χ0v) is 19.6. The lowest BCUT2D eigenvalue weighted by Crippen LogP contribution is -2.30. The van der Waals surface area contributed by atoms with E-state index in [-0.39, 0.29) is 22.4 Å². The van der Waals surface area contributed by atoms with E-state index in [0.29, 0.717) is 17.8 Å². The second kappa shape index (κ2) is 8.02. The number of carboxylic acids is 1. The molecule has 3 aromatic rings. The van der Waals surface area contributed by atoms with E-state index in [1.165, 1.54) is 6.42 Å². The predicted octanol–water partition coefficient (Wildman–Crippen LogP) is 3.94. The fourth-order valence-electron chi connectivity index (χ4n) is 4.92. The first-order chi connectivity index (χ1) is 15.8. The molecular formula is C24H26ClN5O3. The quantitative estimate of drug-likeness (QED) is 0.529. The molecule has 2 aliphatic rings. The Hall–Kier alpha value is -3.13. The normalized spacial score (nSPS) is 20.1. The summed E-state index contributed by atoms with van der Waals surface area (Å²) in [5, 5.41) is 12.9. The van der Waals surface area contributed by atoms with Crippen LogP contribution in [0, 0.1) is 18.8 Å². The average molecular weight is 468 g/mol. The summed E-state index contributed by atoms with van der Waals surface area (Å²) >= 11 is 5.90. The number of aromatic nitrogens is 3. The van der Waals surface area contributed by atoms with E-state index >= 15 is 0 Å². The summed E-state index contributed by atoms with van der Waals surface area (Å²) in [7, 11) is 0. The van der Waals surface area contributed by atoms with E-state index < -0.39 is 5.97 Å². The van der Waals surface area contributed by atoms with Gasteiger partial charge in [-0.15, -0.1) is 0 Å². The van der Waals surface area contributed by atoms with E-state index in [1.54, 1.807) is 16.5 Å². The molecule has 3 atom stereocenters. The highest BCUT2D eigenvalue weighted by Crippen LogP contribution is 2.46. The zero-order chi connectivity index (χ0) is 23.4. The van der Waals surface area contributed by atoms with E-state index in [0.717, 1.165) is 47.4 Å². The number of nitrogens with zero attached hydrogens (tertiary/aromatic N) is 4. The lowest BCUT2D eigenvalue weighted by Gasteiger charge is -2.24. The standard InChI is InChI=1S/C24H26ClN5O3/c1-4-16-21(29-10-14-8-15(14)11-29)28-22-17(7-12(2)9-30(22)23(16)31)13(3)26-18-5-6-19(25)27-20(18)24(32)33/h5-7,9,13-15,26H,4,8,10-11H2,1-3H3,(H,32,33)/t13-,14?,15?/m1/s1. The molecule has 2 fully saturated rings. The van der Waals surface area contributed by atoms with E-state index in [2.05, 4.69) is 15.2 Å². The Balaban J connectivity index is 1.61. The lowest BCUT2D eigenvalue weighted by molar-refractivity contribution is 0.0691. The highest BCUT2D eigenvalue weighted by molar-refractivity contribution is 6.29. The molecule has 8 nitrogen and oxygen atoms in total. The number of fused-ring (bicyclic) bond motifs is 2. The minimum Gasteiger partial charge on any atom is -0.476 e. The smallest absolute Gasteiger partial charge is 0.356 e. The summed E-state index contributed by atoms with van der Waals surface area (Å²) in [6.45, 7) is 7.75. The summed E-state index contributed by atoms with van der Waals surface area (Å²) in [5.41, 5.74) is 3.20. The van der Waals surface area contributed by atoms with Gasteiger partial charge in [0.1, 0.15) is 16.6 Å². The number of piperidine rings is 1. The molecule has 4 heterocycles. The molecule has 33 heavy (non-hydrogen) atoms. The third-order valence-corrected chi connectivity index (χ3v) is 6.91. The molecule has 172 valence electrons. The summed E-state index contributed by atoms with van der Waals surface area (Å²) in [6.07, 6.45) is 3.71. The van der Waals surface area contributed by atoms with Crippen LogP contribution in [-0.2, 0) is 6.42 Å². The summed E-state index contributed by atoms with van der Waals surface area (Å²) in [6, 6.07) is 4.80. The Morgan fingerprint density at radius 3 is 2.70 bits per heavy atom. The van der Waals surface area contributed by atoms with Crippen molar-refractivity contribution in [2.24, 2.45) is 11.8 Å². The number of halogens is 1. The van der Waals surface area contributed by atoms with Gasteiger partial charge in [-0.2, -0.15) is 0 Å². The number of hydrogen-bond donors (Lipinski definition) is 2. The molecular weight excluding hydrogens is 442 g/mol. The molecule has 9 heteroatoms. The fourth-order valence-corrected chi connectivity index (χ4v) is 5.07. The molecule has 0 aromatic carbocycles. The molecule has 2 N–H and O–H groups in total. The minimum atomic E-state index is -1.17. The molecule has 0 spiro atoms. The highest BCUT2D eigenvalue weighted by Gasteiger charge is 2.46. The Kier molecular flexibility index (Phi) is 5.28. The van der Waals surface area contributed by atoms with Crippen molar-refractivity contribution in [3.05, 3.63) is 62.3 Å². The van der Waals surface area contributed by atoms with Crippen molar-refractivity contribution >= 4 is 34.7 Å². The SMILES string of the molecule is CCc1c(N2CC3CC3C2)nc2c([C@@H](C)Nc3ccc(Cl)nc3C(=O)O)cc(C)cn2c1=O. The van der Waals surface area contributed by atoms with Gasteiger partial charge in [-0.3, -0.25) is 9.20 Å². The summed E-state index contributed by atoms with van der Waals surface area (Å²) < 4.78 is 1.63. The van der Waals surface area contributed by atoms with Crippen LogP contribution in [0.5, 0.6) is 0 Å². The number of nitrogens with one attached hydrogen (secondary N) is 1. The van der Waals surface area contributed by atoms with Gasteiger partial charge in [-0.05, 0) is 62.3 Å². The number of aromatic carboxylic acids is 1. The first-order valence-electron chi connectivity index (χ1n) is 11.2. The van der Waals surface area contributed by atoms with Crippen molar-refractivity contribution < 1.29 is 9.90 Å². The molecule has 1 saturated carbocycles. The number of pyridine rings is 2. The maximum absolute atomic E-state index is 13.5. The third kappa shape index (κ3) is 3.82. The first kappa shape index (κ1) is 21.7. The summed E-state index contributed by atoms with van der Waals surface area (Å²) in [5.74, 6) is 1.06. The number of aryl methyl sites for hydroxylation is 1. The topological polar surface area (TPSA) is 99.8 Å². The van der Waals surface area contributed by atoms with Crippen molar-refractivity contribution in [2.75, 3.05) is 23.3 Å². The predicted molar refractivity (Wildman–Crippen MR) is 128 cm³/mol. The van der Waals surface area contributed by atoms with Crippen LogP contribution in [0.4, 0.5) is 11.5 Å². The maximum Gasteiger partial charge on any atom is 0.356 e. The molecule has 3 aromatic heterocycles. The second-order valence-corrected chi connectivity index (χ2v) is 9.49. The van der Waals surface area contributed by atoms with Gasteiger partial charge in [0, 0.05) is 24.8 Å². The Bertz CT molecular complexity index is 1330. The van der Waals surface area contributed by atoms with Crippen molar-refractivity contribution in [3.63, 3.8) is 0 Å². The number of hydrogen-bond acceptors (Lipinski definition) is 6. The average Bonchev–Trinajstić information content (AvgIpc) is 3.39. The fraction of sp³-hybridized carbons (Fsp3) is 0.417. The lowest BCUT2D eigenvalue weighted by atomic mass is 10.1. The van der Waals surface area contributed by atoms with Gasteiger partial charge in [-0.1, -0.05) is 18.5 Å². The van der Waals surface area contributed by atoms with Crippen LogP contribution in [0.25, 0.3) is 5.65 Å². The van der Waals surface area contributed by atoms with E-state index in [4.69, 9.17) is 16.6 Å². The van der Waals surface area contributed by atoms with Crippen LogP contribution in [-0.4, -0.2) is 38.5 Å². The van der Waals surface area contributed by atoms with Gasteiger partial charge in [0.05, 0.1) is 17.3 Å². The van der Waals surface area contributed by atoms with E-state index in [9.17, 15) is 14.7 Å². The number of anilines is 2. The molecule has 1 aliphatic carbocycles. The van der Waals surface area contributed by atoms with Crippen molar-refractivity contribution in [1.82, 2.24) is 14.4 Å². The highest BCUT2D eigenvalue weighted by atomic mass is 35.5. The monoisotopic (exact) mass is 467 g/mol. The Morgan fingerprint density at radius 2 is 2.03 bits per heavy atom. The van der Waals surface area contributed by atoms with E-state index in [1.807, 2.05) is 33.0 Å². The Morgan fingerprint density at radius 1 is 1.30 bits per heavy atom. The Labute approximate surface area is 196 Å². The van der Waals surface area contributed by atoms with Crippen molar-refractivity contribution in [2.45, 2.75) is 39.7 Å². The van der Waals surface area contributed by atoms with Crippen LogP contribution in [0.2, 0.25) is 5.15 Å². The largest absolute Gasteiger partial charge is 0.476 e. The molecule has 0 radical (unpaired) electrons. The number of rotatable bonds is 6. The van der Waals surface area contributed by atoms with Crippen LogP contribution in [0.3, 0.4) is 0 Å². The third-order valence-electron chi connectivity index (χ3n) is 6.70. The van der Waals surface area contributed by atoms with Crippen molar-refractivity contribution in [3.8, 4) is 0 Å². The van der Waals surface area contributed by atoms with Gasteiger partial charge >= 0.3 is 5.97 Å². The zero-order valence-electron chi connectivity index (χ0n) is 18.8. The van der Waals surface area contributed by atoms with Gasteiger partial charge in [0.25, 0.3) is 5.56 Å².